The summed E-state index contributed by atoms with van der Waals surface area (Å²) in [6.07, 6.45) is 2.74. The van der Waals surface area contributed by atoms with Crippen LogP contribution in [-0.2, 0) is 14.4 Å². The van der Waals surface area contributed by atoms with Gasteiger partial charge in [0.05, 0.1) is 16.6 Å². The van der Waals surface area contributed by atoms with E-state index in [1.807, 2.05) is 44.2 Å². The fourth-order valence-corrected chi connectivity index (χ4v) is 8.97. The van der Waals surface area contributed by atoms with Gasteiger partial charge in [0.25, 0.3) is 0 Å². The Hall–Kier alpha value is -2.06. The van der Waals surface area contributed by atoms with Crippen LogP contribution < -0.4 is 10.6 Å². The van der Waals surface area contributed by atoms with E-state index in [0.717, 1.165) is 19.3 Å². The SMILES string of the molecule is CC(C)(C)CC(C)(C)NC(=O)C1N(CCCO)C(=O)[C@@H]2[C@@H](C(=O)Nc3ccccc3)[C@H]3CCC12S3. The topological polar surface area (TPSA) is 98.7 Å². The smallest absolute Gasteiger partial charge is 0.244 e. The lowest BCUT2D eigenvalue weighted by Crippen LogP contribution is -2.58. The zero-order valence-corrected chi connectivity index (χ0v) is 22.3. The van der Waals surface area contributed by atoms with Crippen molar-refractivity contribution in [2.24, 2.45) is 17.3 Å². The Morgan fingerprint density at radius 3 is 2.46 bits per heavy atom. The van der Waals surface area contributed by atoms with Gasteiger partial charge in [-0.25, -0.2) is 0 Å². The quantitative estimate of drug-likeness (QED) is 0.507. The lowest BCUT2D eigenvalue weighted by Gasteiger charge is -2.38. The number of anilines is 1. The second-order valence-corrected chi connectivity index (χ2v) is 13.7. The molecule has 3 amide bonds. The first-order valence-electron chi connectivity index (χ1n) is 12.7. The molecule has 3 heterocycles. The van der Waals surface area contributed by atoms with Gasteiger partial charge in [-0.15, -0.1) is 11.8 Å². The number of likely N-dealkylation sites (tertiary alicyclic amines) is 1. The minimum atomic E-state index is -0.643. The molecule has 2 unspecified atom stereocenters. The molecule has 3 aliphatic rings. The Balaban J connectivity index is 1.63. The van der Waals surface area contributed by atoms with Gasteiger partial charge < -0.3 is 20.6 Å². The number of nitrogens with one attached hydrogen (secondary N) is 2. The molecule has 7 nitrogen and oxygen atoms in total. The van der Waals surface area contributed by atoms with E-state index in [9.17, 15) is 19.5 Å². The van der Waals surface area contributed by atoms with Crippen LogP contribution in [0.1, 0.15) is 60.3 Å². The summed E-state index contributed by atoms with van der Waals surface area (Å²) in [6, 6.07) is 8.65. The average Bonchev–Trinajstić information content (AvgIpc) is 3.38. The van der Waals surface area contributed by atoms with Crippen molar-refractivity contribution in [1.82, 2.24) is 10.2 Å². The fourth-order valence-electron chi connectivity index (χ4n) is 6.75. The molecule has 0 aliphatic carbocycles. The van der Waals surface area contributed by atoms with Gasteiger partial charge in [-0.1, -0.05) is 39.0 Å². The summed E-state index contributed by atoms with van der Waals surface area (Å²) in [7, 11) is 0. The van der Waals surface area contributed by atoms with E-state index in [2.05, 4.69) is 31.4 Å². The molecule has 192 valence electrons. The number of hydrogen-bond acceptors (Lipinski definition) is 5. The lowest BCUT2D eigenvalue weighted by molar-refractivity contribution is -0.139. The number of rotatable bonds is 8. The van der Waals surface area contributed by atoms with Crippen molar-refractivity contribution in [1.29, 1.82) is 0 Å². The van der Waals surface area contributed by atoms with Crippen LogP contribution in [-0.4, -0.2) is 62.5 Å². The number of para-hydroxylation sites is 1. The molecule has 3 N–H and O–H groups in total. The predicted octanol–water partition coefficient (Wildman–Crippen LogP) is 3.43. The van der Waals surface area contributed by atoms with Gasteiger partial charge in [0.1, 0.15) is 6.04 Å². The standard InChI is InChI=1S/C27H39N3O4S/c1-25(2,3)16-26(4,5)29-23(33)21-27-13-12-18(35-27)19(20(27)24(34)30(21)14-9-15-31)22(32)28-17-10-7-6-8-11-17/h6-8,10-11,18-21,31H,9,12-16H2,1-5H3,(H,28,32)(H,29,33)/t18-,19+,20+,21?,27?/m1/s1. The molecule has 3 aliphatic heterocycles. The normalized spacial score (nSPS) is 29.9. The minimum absolute atomic E-state index is 0.0190. The molecule has 8 heteroatoms. The first kappa shape index (κ1) is 26.0. The maximum atomic E-state index is 13.9. The number of hydrogen-bond donors (Lipinski definition) is 3. The molecule has 5 atom stereocenters. The summed E-state index contributed by atoms with van der Waals surface area (Å²) in [5.41, 5.74) is 0.294. The van der Waals surface area contributed by atoms with E-state index in [4.69, 9.17) is 0 Å². The average molecular weight is 502 g/mol. The maximum absolute atomic E-state index is 13.9. The number of carbonyl (C=O) groups is 3. The molecule has 0 radical (unpaired) electrons. The van der Waals surface area contributed by atoms with Crippen LogP contribution in [0.3, 0.4) is 0 Å². The third-order valence-electron chi connectivity index (χ3n) is 7.38. The molecule has 1 aromatic carbocycles. The van der Waals surface area contributed by atoms with E-state index in [0.29, 0.717) is 18.7 Å². The Labute approximate surface area is 212 Å². The number of carbonyl (C=O) groups excluding carboxylic acids is 3. The van der Waals surface area contributed by atoms with Crippen molar-refractivity contribution in [3.8, 4) is 0 Å². The van der Waals surface area contributed by atoms with Gasteiger partial charge in [0.2, 0.25) is 17.7 Å². The summed E-state index contributed by atoms with van der Waals surface area (Å²) in [5.74, 6) is -1.43. The third-order valence-corrected chi connectivity index (χ3v) is 9.34. The summed E-state index contributed by atoms with van der Waals surface area (Å²) in [5, 5.41) is 15.7. The largest absolute Gasteiger partial charge is 0.396 e. The zero-order chi connectivity index (χ0) is 25.6. The molecule has 2 bridgehead atoms. The van der Waals surface area contributed by atoms with E-state index in [-0.39, 0.29) is 35.0 Å². The van der Waals surface area contributed by atoms with Crippen molar-refractivity contribution < 1.29 is 19.5 Å². The van der Waals surface area contributed by atoms with Gasteiger partial charge in [-0.3, -0.25) is 14.4 Å². The predicted molar refractivity (Wildman–Crippen MR) is 139 cm³/mol. The summed E-state index contributed by atoms with van der Waals surface area (Å²) in [4.78, 5) is 42.8. The van der Waals surface area contributed by atoms with E-state index in [1.54, 1.807) is 16.7 Å². The molecule has 35 heavy (non-hydrogen) atoms. The number of nitrogens with zero attached hydrogens (tertiary/aromatic N) is 1. The zero-order valence-electron chi connectivity index (χ0n) is 21.5. The molecule has 3 fully saturated rings. The third kappa shape index (κ3) is 4.96. The van der Waals surface area contributed by atoms with Crippen LogP contribution in [0.4, 0.5) is 5.69 Å². The Bertz CT molecular complexity index is 976. The molecule has 0 aromatic heterocycles. The number of aliphatic hydroxyl groups excluding tert-OH is 1. The van der Waals surface area contributed by atoms with Gasteiger partial charge in [-0.2, -0.15) is 0 Å². The summed E-state index contributed by atoms with van der Waals surface area (Å²) in [6.45, 7) is 10.7. The van der Waals surface area contributed by atoms with Crippen molar-refractivity contribution in [3.63, 3.8) is 0 Å². The number of benzene rings is 1. The highest BCUT2D eigenvalue weighted by Gasteiger charge is 2.73. The van der Waals surface area contributed by atoms with Gasteiger partial charge in [0.15, 0.2) is 0 Å². The Morgan fingerprint density at radius 1 is 1.14 bits per heavy atom. The summed E-state index contributed by atoms with van der Waals surface area (Å²) < 4.78 is -0.613. The maximum Gasteiger partial charge on any atom is 0.244 e. The van der Waals surface area contributed by atoms with Gasteiger partial charge in [0, 0.05) is 29.6 Å². The highest BCUT2D eigenvalue weighted by molar-refractivity contribution is 8.02. The van der Waals surface area contributed by atoms with Crippen molar-refractivity contribution in [2.75, 3.05) is 18.5 Å². The molecule has 1 spiro atoms. The molecule has 1 aromatic rings. The fraction of sp³-hybridized carbons (Fsp3) is 0.667. The molecule has 0 saturated carbocycles. The van der Waals surface area contributed by atoms with E-state index >= 15 is 0 Å². The number of amides is 3. The molecular formula is C27H39N3O4S. The van der Waals surface area contributed by atoms with Crippen LogP contribution in [0.5, 0.6) is 0 Å². The van der Waals surface area contributed by atoms with E-state index in [1.165, 1.54) is 0 Å². The molecular weight excluding hydrogens is 462 g/mol. The van der Waals surface area contributed by atoms with Crippen LogP contribution in [0, 0.1) is 17.3 Å². The lowest BCUT2D eigenvalue weighted by atomic mass is 9.70. The monoisotopic (exact) mass is 501 g/mol. The Morgan fingerprint density at radius 2 is 1.83 bits per heavy atom. The first-order chi connectivity index (χ1) is 16.4. The highest BCUT2D eigenvalue weighted by atomic mass is 32.2. The number of fused-ring (bicyclic) bond motifs is 1. The first-order valence-corrected chi connectivity index (χ1v) is 13.5. The van der Waals surface area contributed by atoms with Gasteiger partial charge in [-0.05, 0) is 57.1 Å². The van der Waals surface area contributed by atoms with Crippen molar-refractivity contribution in [2.45, 2.75) is 81.9 Å². The van der Waals surface area contributed by atoms with Crippen LogP contribution in [0.2, 0.25) is 0 Å². The van der Waals surface area contributed by atoms with Crippen LogP contribution in [0.25, 0.3) is 0 Å². The van der Waals surface area contributed by atoms with Crippen LogP contribution in [0.15, 0.2) is 30.3 Å². The number of aliphatic hydroxyl groups is 1. The molecule has 4 rings (SSSR count). The minimum Gasteiger partial charge on any atom is -0.396 e. The van der Waals surface area contributed by atoms with Gasteiger partial charge >= 0.3 is 0 Å². The van der Waals surface area contributed by atoms with Crippen molar-refractivity contribution in [3.05, 3.63) is 30.3 Å². The van der Waals surface area contributed by atoms with Crippen molar-refractivity contribution >= 4 is 35.2 Å². The van der Waals surface area contributed by atoms with E-state index < -0.39 is 28.2 Å². The highest BCUT2D eigenvalue weighted by Crippen LogP contribution is 2.66. The second kappa shape index (κ2) is 9.43. The van der Waals surface area contributed by atoms with Crippen LogP contribution >= 0.6 is 11.8 Å². The number of thioether (sulfide) groups is 1. The molecule has 3 saturated heterocycles. The second-order valence-electron chi connectivity index (χ2n) is 12.1. The summed E-state index contributed by atoms with van der Waals surface area (Å²) >= 11 is 1.67. The Kier molecular flexibility index (Phi) is 7.01.